The van der Waals surface area contributed by atoms with E-state index in [9.17, 15) is 5.11 Å². The summed E-state index contributed by atoms with van der Waals surface area (Å²) in [5.74, 6) is 0. The first-order valence-electron chi connectivity index (χ1n) is 4.83. The number of aromatic nitrogens is 1. The normalized spacial score (nSPS) is 13.1. The molecule has 1 unspecified atom stereocenters. The minimum absolute atomic E-state index is 0.469. The molecule has 0 radical (unpaired) electrons. The minimum Gasteiger partial charge on any atom is -0.389 e. The first-order chi connectivity index (χ1) is 7.08. The molecule has 0 saturated heterocycles. The van der Waals surface area contributed by atoms with Crippen molar-refractivity contribution >= 4 is 26.8 Å². The molecule has 1 aromatic carbocycles. The number of rotatable bonds is 1. The zero-order chi connectivity index (χ0) is 11.0. The maximum absolute atomic E-state index is 9.69. The fraction of sp³-hybridized carbons (Fsp3) is 0.250. The van der Waals surface area contributed by atoms with Crippen molar-refractivity contribution in [1.82, 2.24) is 4.98 Å². The lowest BCUT2D eigenvalue weighted by molar-refractivity contribution is 0.200. The Morgan fingerprint density at radius 2 is 2.07 bits per heavy atom. The van der Waals surface area contributed by atoms with Gasteiger partial charge in [-0.3, -0.25) is 4.98 Å². The van der Waals surface area contributed by atoms with Crippen molar-refractivity contribution < 1.29 is 5.11 Å². The van der Waals surface area contributed by atoms with Crippen molar-refractivity contribution in [3.63, 3.8) is 0 Å². The van der Waals surface area contributed by atoms with Crippen LogP contribution >= 0.6 is 15.9 Å². The molecule has 1 atom stereocenters. The van der Waals surface area contributed by atoms with Crippen molar-refractivity contribution in [2.45, 2.75) is 20.0 Å². The lowest BCUT2D eigenvalue weighted by Gasteiger charge is -2.10. The summed E-state index contributed by atoms with van der Waals surface area (Å²) in [4.78, 5) is 4.43. The van der Waals surface area contributed by atoms with Crippen molar-refractivity contribution in [3.05, 3.63) is 40.0 Å². The third kappa shape index (κ3) is 2.03. The lowest BCUT2D eigenvalue weighted by atomic mass is 10.0. The molecule has 0 aliphatic rings. The molecule has 1 heterocycles. The van der Waals surface area contributed by atoms with Crippen molar-refractivity contribution in [3.8, 4) is 0 Å². The van der Waals surface area contributed by atoms with Gasteiger partial charge in [0.25, 0.3) is 0 Å². The molecule has 0 bridgehead atoms. The Morgan fingerprint density at radius 1 is 1.33 bits per heavy atom. The van der Waals surface area contributed by atoms with Gasteiger partial charge < -0.3 is 5.11 Å². The highest BCUT2D eigenvalue weighted by Crippen LogP contribution is 2.26. The quantitative estimate of drug-likeness (QED) is 0.858. The summed E-state index contributed by atoms with van der Waals surface area (Å²) >= 11 is 3.42. The number of aliphatic hydroxyl groups excluding tert-OH is 1. The molecule has 1 N–H and O–H groups in total. The second kappa shape index (κ2) is 3.91. The smallest absolute Gasteiger partial charge is 0.0769 e. The first-order valence-corrected chi connectivity index (χ1v) is 5.62. The molecule has 0 amide bonds. The predicted octanol–water partition coefficient (Wildman–Crippen LogP) is 3.36. The number of aliphatic hydroxyl groups is 1. The molecule has 0 aliphatic carbocycles. The second-order valence-corrected chi connectivity index (χ2v) is 4.61. The molecule has 0 aliphatic heterocycles. The Balaban J connectivity index is 2.81. The average molecular weight is 266 g/mol. The van der Waals surface area contributed by atoms with E-state index in [4.69, 9.17) is 0 Å². The maximum atomic E-state index is 9.69. The van der Waals surface area contributed by atoms with Crippen LogP contribution in [0, 0.1) is 6.92 Å². The van der Waals surface area contributed by atoms with Gasteiger partial charge in [0.15, 0.2) is 0 Å². The zero-order valence-electron chi connectivity index (χ0n) is 8.66. The Bertz CT molecular complexity index is 508. The summed E-state index contributed by atoms with van der Waals surface area (Å²) < 4.78 is 1.00. The van der Waals surface area contributed by atoms with E-state index in [0.29, 0.717) is 0 Å². The number of pyridine rings is 1. The van der Waals surface area contributed by atoms with Gasteiger partial charge >= 0.3 is 0 Å². The first kappa shape index (κ1) is 10.6. The molecule has 15 heavy (non-hydrogen) atoms. The topological polar surface area (TPSA) is 33.1 Å². The number of nitrogens with zero attached hydrogens (tertiary/aromatic N) is 1. The fourth-order valence-electron chi connectivity index (χ4n) is 1.71. The number of hydrogen-bond donors (Lipinski definition) is 1. The SMILES string of the molecule is Cc1cc(C(C)O)c2cc(Br)ccc2n1. The van der Waals surface area contributed by atoms with Crippen LogP contribution in [0.4, 0.5) is 0 Å². The van der Waals surface area contributed by atoms with Crippen molar-refractivity contribution in [1.29, 1.82) is 0 Å². The summed E-state index contributed by atoms with van der Waals surface area (Å²) in [5, 5.41) is 10.7. The average Bonchev–Trinajstić information content (AvgIpc) is 2.17. The van der Waals surface area contributed by atoms with Crippen LogP contribution in [0.15, 0.2) is 28.7 Å². The maximum Gasteiger partial charge on any atom is 0.0769 e. The molecule has 3 heteroatoms. The summed E-state index contributed by atoms with van der Waals surface area (Å²) in [6, 6.07) is 7.84. The van der Waals surface area contributed by atoms with E-state index < -0.39 is 6.10 Å². The van der Waals surface area contributed by atoms with Crippen LogP contribution in [-0.4, -0.2) is 10.1 Å². The minimum atomic E-state index is -0.469. The summed E-state index contributed by atoms with van der Waals surface area (Å²) in [6.45, 7) is 3.71. The van der Waals surface area contributed by atoms with Crippen LogP contribution in [0.2, 0.25) is 0 Å². The van der Waals surface area contributed by atoms with Crippen LogP contribution in [0.25, 0.3) is 10.9 Å². The largest absolute Gasteiger partial charge is 0.389 e. The molecule has 0 spiro atoms. The van der Waals surface area contributed by atoms with Gasteiger partial charge in [-0.25, -0.2) is 0 Å². The van der Waals surface area contributed by atoms with Gasteiger partial charge in [0.05, 0.1) is 11.6 Å². The van der Waals surface area contributed by atoms with E-state index in [1.807, 2.05) is 31.2 Å². The van der Waals surface area contributed by atoms with E-state index in [2.05, 4.69) is 20.9 Å². The lowest BCUT2D eigenvalue weighted by Crippen LogP contribution is -1.96. The van der Waals surface area contributed by atoms with Gasteiger partial charge in [-0.2, -0.15) is 0 Å². The van der Waals surface area contributed by atoms with E-state index in [-0.39, 0.29) is 0 Å². The van der Waals surface area contributed by atoms with E-state index in [1.165, 1.54) is 0 Å². The molecule has 2 aromatic rings. The monoisotopic (exact) mass is 265 g/mol. The Hall–Kier alpha value is -0.930. The number of benzene rings is 1. The number of hydrogen-bond acceptors (Lipinski definition) is 2. The molecule has 0 fully saturated rings. The Kier molecular flexibility index (Phi) is 2.76. The number of halogens is 1. The molecule has 2 nitrogen and oxygen atoms in total. The molecule has 78 valence electrons. The predicted molar refractivity (Wildman–Crippen MR) is 64.8 cm³/mol. The van der Waals surface area contributed by atoms with Crippen LogP contribution in [0.5, 0.6) is 0 Å². The van der Waals surface area contributed by atoms with Crippen LogP contribution in [0.3, 0.4) is 0 Å². The molecule has 2 rings (SSSR count). The highest BCUT2D eigenvalue weighted by atomic mass is 79.9. The third-order valence-corrected chi connectivity index (χ3v) is 2.87. The third-order valence-electron chi connectivity index (χ3n) is 2.38. The van der Waals surface area contributed by atoms with Gasteiger partial charge in [-0.1, -0.05) is 15.9 Å². The van der Waals surface area contributed by atoms with Gasteiger partial charge in [-0.05, 0) is 43.7 Å². The van der Waals surface area contributed by atoms with Crippen molar-refractivity contribution in [2.24, 2.45) is 0 Å². The zero-order valence-corrected chi connectivity index (χ0v) is 10.2. The van der Waals surface area contributed by atoms with Crippen LogP contribution < -0.4 is 0 Å². The second-order valence-electron chi connectivity index (χ2n) is 3.69. The van der Waals surface area contributed by atoms with Crippen LogP contribution in [-0.2, 0) is 0 Å². The van der Waals surface area contributed by atoms with Crippen molar-refractivity contribution in [2.75, 3.05) is 0 Å². The molecular weight excluding hydrogens is 254 g/mol. The Morgan fingerprint density at radius 3 is 2.73 bits per heavy atom. The van der Waals surface area contributed by atoms with Gasteiger partial charge in [0.2, 0.25) is 0 Å². The summed E-state index contributed by atoms with van der Waals surface area (Å²) in [5.41, 5.74) is 2.79. The molecule has 1 aromatic heterocycles. The van der Waals surface area contributed by atoms with Gasteiger partial charge in [-0.15, -0.1) is 0 Å². The number of aryl methyl sites for hydroxylation is 1. The summed E-state index contributed by atoms with van der Waals surface area (Å²) in [6.07, 6.45) is -0.469. The summed E-state index contributed by atoms with van der Waals surface area (Å²) in [7, 11) is 0. The highest BCUT2D eigenvalue weighted by Gasteiger charge is 2.08. The van der Waals surface area contributed by atoms with Crippen LogP contribution in [0.1, 0.15) is 24.3 Å². The standard InChI is InChI=1S/C12H12BrNO/c1-7-5-10(8(2)15)11-6-9(13)3-4-12(11)14-7/h3-6,8,15H,1-2H3. The molecular formula is C12H12BrNO. The van der Waals surface area contributed by atoms with Gasteiger partial charge in [0.1, 0.15) is 0 Å². The van der Waals surface area contributed by atoms with E-state index in [1.54, 1.807) is 6.92 Å². The number of fused-ring (bicyclic) bond motifs is 1. The highest BCUT2D eigenvalue weighted by molar-refractivity contribution is 9.10. The Labute approximate surface area is 97.1 Å². The van der Waals surface area contributed by atoms with E-state index in [0.717, 1.165) is 26.6 Å². The fourth-order valence-corrected chi connectivity index (χ4v) is 2.07. The molecule has 0 saturated carbocycles. The van der Waals surface area contributed by atoms with E-state index >= 15 is 0 Å². The van der Waals surface area contributed by atoms with Gasteiger partial charge in [0, 0.05) is 15.6 Å².